The van der Waals surface area contributed by atoms with Gasteiger partial charge in [0.2, 0.25) is 9.84 Å². The highest BCUT2D eigenvalue weighted by atomic mass is 32.2. The molecular weight excluding hydrogens is 415 g/mol. The summed E-state index contributed by atoms with van der Waals surface area (Å²) in [6.07, 6.45) is -3.42. The molecule has 2 rings (SSSR count). The van der Waals surface area contributed by atoms with Crippen LogP contribution in [0.5, 0.6) is 5.75 Å². The van der Waals surface area contributed by atoms with Crippen molar-refractivity contribution in [2.24, 2.45) is 0 Å². The molecule has 1 N–H and O–H groups in total. The molecule has 0 fully saturated rings. The van der Waals surface area contributed by atoms with Crippen LogP contribution in [0, 0.1) is 11.3 Å². The van der Waals surface area contributed by atoms with E-state index in [1.807, 2.05) is 27.7 Å². The first-order valence-corrected chi connectivity index (χ1v) is 10.7. The van der Waals surface area contributed by atoms with Crippen molar-refractivity contribution < 1.29 is 26.7 Å². The average molecular weight is 437 g/mol. The molecule has 160 valence electrons. The van der Waals surface area contributed by atoms with Crippen LogP contribution in [0.3, 0.4) is 0 Å². The van der Waals surface area contributed by atoms with Gasteiger partial charge in [-0.05, 0) is 71.0 Å². The fourth-order valence-corrected chi connectivity index (χ4v) is 4.10. The van der Waals surface area contributed by atoms with Crippen LogP contribution in [0.25, 0.3) is 6.08 Å². The van der Waals surface area contributed by atoms with Gasteiger partial charge in [0.25, 0.3) is 0 Å². The minimum absolute atomic E-state index is 0.0482. The van der Waals surface area contributed by atoms with Gasteiger partial charge < -0.3 is 5.11 Å². The number of alkyl halides is 3. The van der Waals surface area contributed by atoms with E-state index in [0.29, 0.717) is 28.8 Å². The highest BCUT2D eigenvalue weighted by Gasteiger charge is 2.31. The smallest absolute Gasteiger partial charge is 0.416 e. The summed E-state index contributed by atoms with van der Waals surface area (Å²) < 4.78 is 63.8. The second kappa shape index (κ2) is 8.52. The molecule has 0 spiro atoms. The lowest BCUT2D eigenvalue weighted by molar-refractivity contribution is -0.137. The zero-order chi connectivity index (χ0) is 22.9. The Morgan fingerprint density at radius 2 is 1.50 bits per heavy atom. The predicted molar refractivity (Wildman–Crippen MR) is 109 cm³/mol. The zero-order valence-corrected chi connectivity index (χ0v) is 17.8. The van der Waals surface area contributed by atoms with Gasteiger partial charge in [-0.2, -0.15) is 18.4 Å². The second-order valence-electron chi connectivity index (χ2n) is 7.50. The van der Waals surface area contributed by atoms with Gasteiger partial charge in [-0.3, -0.25) is 0 Å². The highest BCUT2D eigenvalue weighted by molar-refractivity contribution is 7.95. The van der Waals surface area contributed by atoms with E-state index in [1.165, 1.54) is 6.08 Å². The van der Waals surface area contributed by atoms with Crippen molar-refractivity contribution in [3.05, 3.63) is 63.6 Å². The lowest BCUT2D eigenvalue weighted by Gasteiger charge is -2.16. The molecule has 0 aliphatic rings. The molecule has 0 atom stereocenters. The summed E-state index contributed by atoms with van der Waals surface area (Å²) in [5.74, 6) is 0.0297. The number of halogens is 3. The molecular formula is C22H22F3NO3S. The third kappa shape index (κ3) is 4.85. The van der Waals surface area contributed by atoms with Gasteiger partial charge in [0.05, 0.1) is 10.5 Å². The van der Waals surface area contributed by atoms with Crippen LogP contribution in [-0.4, -0.2) is 13.5 Å². The van der Waals surface area contributed by atoms with E-state index in [4.69, 9.17) is 0 Å². The van der Waals surface area contributed by atoms with E-state index in [2.05, 4.69) is 0 Å². The normalized spacial score (nSPS) is 13.0. The number of sulfone groups is 1. The van der Waals surface area contributed by atoms with Gasteiger partial charge in [0.1, 0.15) is 16.7 Å². The quantitative estimate of drug-likeness (QED) is 0.582. The molecule has 2 aromatic carbocycles. The number of nitrogens with zero attached hydrogens (tertiary/aromatic N) is 1. The Morgan fingerprint density at radius 1 is 1.03 bits per heavy atom. The third-order valence-electron chi connectivity index (χ3n) is 4.62. The molecule has 8 heteroatoms. The van der Waals surface area contributed by atoms with Crippen molar-refractivity contribution in [1.29, 1.82) is 5.26 Å². The maximum Gasteiger partial charge on any atom is 0.416 e. The standard InChI is InChI=1S/C22H22F3NO3S/c1-13(2)19-10-15(11-20(14(3)4)21(19)27)9-18(12-26)30(28,29)17-7-5-16(6-8-17)22(23,24)25/h5-11,13-14,27H,1-4H3/b18-9+. The van der Waals surface area contributed by atoms with Crippen LogP contribution in [0.15, 0.2) is 46.2 Å². The van der Waals surface area contributed by atoms with E-state index >= 15 is 0 Å². The molecule has 0 bridgehead atoms. The number of phenolic OH excluding ortho intramolecular Hbond substituents is 1. The monoisotopic (exact) mass is 437 g/mol. The van der Waals surface area contributed by atoms with Gasteiger partial charge in [0, 0.05) is 0 Å². The Hall–Kier alpha value is -2.79. The van der Waals surface area contributed by atoms with Gasteiger partial charge in [0.15, 0.2) is 0 Å². The summed E-state index contributed by atoms with van der Waals surface area (Å²) in [7, 11) is -4.32. The van der Waals surface area contributed by atoms with Crippen molar-refractivity contribution in [2.75, 3.05) is 0 Å². The number of allylic oxidation sites excluding steroid dienone is 1. The van der Waals surface area contributed by atoms with E-state index < -0.39 is 31.4 Å². The van der Waals surface area contributed by atoms with Crippen LogP contribution in [0.2, 0.25) is 0 Å². The first kappa shape index (κ1) is 23.5. The maximum atomic E-state index is 12.8. The number of hydrogen-bond acceptors (Lipinski definition) is 4. The van der Waals surface area contributed by atoms with Crippen LogP contribution < -0.4 is 0 Å². The molecule has 0 saturated heterocycles. The van der Waals surface area contributed by atoms with Crippen LogP contribution in [0.1, 0.15) is 61.8 Å². The molecule has 30 heavy (non-hydrogen) atoms. The summed E-state index contributed by atoms with van der Waals surface area (Å²) >= 11 is 0. The summed E-state index contributed by atoms with van der Waals surface area (Å²) in [5, 5.41) is 19.9. The molecule has 0 unspecified atom stereocenters. The highest BCUT2D eigenvalue weighted by Crippen LogP contribution is 2.36. The van der Waals surface area contributed by atoms with Crippen molar-refractivity contribution in [2.45, 2.75) is 50.6 Å². The summed E-state index contributed by atoms with van der Waals surface area (Å²) in [6.45, 7) is 7.49. The van der Waals surface area contributed by atoms with E-state index in [9.17, 15) is 32.0 Å². The maximum absolute atomic E-state index is 12.8. The van der Waals surface area contributed by atoms with Crippen molar-refractivity contribution in [1.82, 2.24) is 0 Å². The van der Waals surface area contributed by atoms with E-state index in [1.54, 1.807) is 18.2 Å². The number of rotatable bonds is 5. The Kier molecular flexibility index (Phi) is 6.67. The molecule has 0 heterocycles. The Balaban J connectivity index is 2.60. The zero-order valence-electron chi connectivity index (χ0n) is 16.9. The third-order valence-corrected chi connectivity index (χ3v) is 6.31. The molecule has 0 aliphatic carbocycles. The number of hydrogen-bond donors (Lipinski definition) is 1. The minimum atomic E-state index is -4.59. The Labute approximate surface area is 174 Å². The molecule has 4 nitrogen and oxygen atoms in total. The molecule has 0 amide bonds. The topological polar surface area (TPSA) is 78.2 Å². The van der Waals surface area contributed by atoms with Gasteiger partial charge in [-0.25, -0.2) is 8.42 Å². The number of nitriles is 1. The SMILES string of the molecule is CC(C)c1cc(/C=C(\C#N)S(=O)(=O)c2ccc(C(F)(F)F)cc2)cc(C(C)C)c1O. The average Bonchev–Trinajstić information content (AvgIpc) is 2.65. The minimum Gasteiger partial charge on any atom is -0.507 e. The van der Waals surface area contributed by atoms with Crippen molar-refractivity contribution in [3.8, 4) is 11.8 Å². The first-order chi connectivity index (χ1) is 13.8. The van der Waals surface area contributed by atoms with E-state index in [0.717, 1.165) is 12.1 Å². The van der Waals surface area contributed by atoms with E-state index in [-0.39, 0.29) is 17.6 Å². The van der Waals surface area contributed by atoms with Crippen molar-refractivity contribution in [3.63, 3.8) is 0 Å². The lowest BCUT2D eigenvalue weighted by Crippen LogP contribution is -2.07. The first-order valence-electron chi connectivity index (χ1n) is 9.20. The molecule has 0 aromatic heterocycles. The number of aromatic hydroxyl groups is 1. The summed E-state index contributed by atoms with van der Waals surface area (Å²) in [6, 6.07) is 7.83. The lowest BCUT2D eigenvalue weighted by atomic mass is 9.91. The van der Waals surface area contributed by atoms with Gasteiger partial charge in [-0.15, -0.1) is 0 Å². The molecule has 0 saturated carbocycles. The fourth-order valence-electron chi connectivity index (χ4n) is 2.94. The Morgan fingerprint density at radius 3 is 1.87 bits per heavy atom. The van der Waals surface area contributed by atoms with Crippen molar-refractivity contribution >= 4 is 15.9 Å². The largest absolute Gasteiger partial charge is 0.507 e. The molecule has 0 radical (unpaired) electrons. The van der Waals surface area contributed by atoms with Crippen LogP contribution in [-0.2, 0) is 16.0 Å². The summed E-state index contributed by atoms with van der Waals surface area (Å²) in [4.78, 5) is -1.01. The van der Waals surface area contributed by atoms with Crippen LogP contribution >= 0.6 is 0 Å². The predicted octanol–water partition coefficient (Wildman–Crippen LogP) is 6.00. The van der Waals surface area contributed by atoms with Gasteiger partial charge >= 0.3 is 6.18 Å². The number of benzene rings is 2. The number of phenols is 1. The molecule has 0 aliphatic heterocycles. The van der Waals surface area contributed by atoms with Crippen LogP contribution in [0.4, 0.5) is 13.2 Å². The fraction of sp³-hybridized carbons (Fsp3) is 0.318. The Bertz CT molecular complexity index is 1080. The summed E-state index contributed by atoms with van der Waals surface area (Å²) in [5.41, 5.74) is 0.645. The molecule has 2 aromatic rings. The second-order valence-corrected chi connectivity index (χ2v) is 9.42. The van der Waals surface area contributed by atoms with Gasteiger partial charge in [-0.1, -0.05) is 27.7 Å².